The van der Waals surface area contributed by atoms with Gasteiger partial charge in [0.15, 0.2) is 0 Å². The molecule has 1 aromatic heterocycles. The highest BCUT2D eigenvalue weighted by Gasteiger charge is 2.23. The third-order valence-corrected chi connectivity index (χ3v) is 2.87. The van der Waals surface area contributed by atoms with Crippen LogP contribution in [0.5, 0.6) is 5.75 Å². The molecule has 1 amide bonds. The molecule has 0 saturated carbocycles. The van der Waals surface area contributed by atoms with E-state index in [2.05, 4.69) is 15.0 Å². The van der Waals surface area contributed by atoms with Crippen LogP contribution in [-0.4, -0.2) is 31.6 Å². The number of carbonyl (C=O) groups excluding carboxylic acids is 1. The average Bonchev–Trinajstić information content (AvgIpc) is 2.40. The van der Waals surface area contributed by atoms with Crippen LogP contribution in [0, 0.1) is 0 Å². The van der Waals surface area contributed by atoms with E-state index in [1.165, 1.54) is 6.07 Å². The Kier molecular flexibility index (Phi) is 3.89. The first-order chi connectivity index (χ1) is 9.52. The smallest absolute Gasteiger partial charge is 0.292 e. The Bertz CT molecular complexity index is 630. The number of nitrogens with zero attached hydrogens (tertiary/aromatic N) is 4. The molecule has 5 N–H and O–H groups in total. The summed E-state index contributed by atoms with van der Waals surface area (Å²) in [6.45, 7) is 0. The summed E-state index contributed by atoms with van der Waals surface area (Å²) in [6, 6.07) is 6.31. The number of rotatable bonds is 2. The van der Waals surface area contributed by atoms with Gasteiger partial charge in [0.2, 0.25) is 17.8 Å². The van der Waals surface area contributed by atoms with Crippen molar-refractivity contribution in [3.63, 3.8) is 0 Å². The van der Waals surface area contributed by atoms with Crippen molar-refractivity contribution in [2.24, 2.45) is 0 Å². The van der Waals surface area contributed by atoms with Crippen LogP contribution in [0.25, 0.3) is 0 Å². The van der Waals surface area contributed by atoms with Crippen LogP contribution in [0.1, 0.15) is 0 Å². The zero-order valence-electron chi connectivity index (χ0n) is 10.5. The van der Waals surface area contributed by atoms with Crippen LogP contribution < -0.4 is 16.4 Å². The van der Waals surface area contributed by atoms with Crippen molar-refractivity contribution < 1.29 is 9.90 Å². The minimum atomic E-state index is -0.392. The number of phenols is 1. The molecule has 0 unspecified atom stereocenters. The number of nitrogen functional groups attached to an aromatic ring is 2. The standard InChI is InChI=1S/C11H12N6O2S/c1-20-11(19)17(6-4-2-3-5-7(6)18)10-15-8(12)14-9(13)16-10/h2-5,18H,1H3,(H4,12,13,14,15,16). The van der Waals surface area contributed by atoms with Crippen molar-refractivity contribution in [2.45, 2.75) is 0 Å². The maximum Gasteiger partial charge on any atom is 0.292 e. The second-order valence-electron chi connectivity index (χ2n) is 3.65. The number of amides is 1. The van der Waals surface area contributed by atoms with Gasteiger partial charge < -0.3 is 16.6 Å². The van der Waals surface area contributed by atoms with Gasteiger partial charge in [0.1, 0.15) is 5.75 Å². The zero-order chi connectivity index (χ0) is 14.7. The summed E-state index contributed by atoms with van der Waals surface area (Å²) in [5, 5.41) is 9.50. The predicted molar refractivity (Wildman–Crippen MR) is 77.8 cm³/mol. The normalized spacial score (nSPS) is 10.2. The van der Waals surface area contributed by atoms with Crippen LogP contribution in [0.2, 0.25) is 0 Å². The van der Waals surface area contributed by atoms with E-state index in [1.807, 2.05) is 0 Å². The summed E-state index contributed by atoms with van der Waals surface area (Å²) >= 11 is 0.937. The molecule has 9 heteroatoms. The number of phenolic OH excluding ortho intramolecular Hbond substituents is 1. The molecular formula is C11H12N6O2S. The topological polar surface area (TPSA) is 131 Å². The van der Waals surface area contributed by atoms with Gasteiger partial charge in [-0.1, -0.05) is 23.9 Å². The fourth-order valence-corrected chi connectivity index (χ4v) is 1.89. The van der Waals surface area contributed by atoms with Crippen molar-refractivity contribution in [1.29, 1.82) is 0 Å². The molecule has 0 radical (unpaired) electrons. The predicted octanol–water partition coefficient (Wildman–Crippen LogP) is 1.36. The maximum absolute atomic E-state index is 12.1. The lowest BCUT2D eigenvalue weighted by atomic mass is 10.3. The zero-order valence-corrected chi connectivity index (χ0v) is 11.3. The molecular weight excluding hydrogens is 280 g/mol. The molecule has 0 fully saturated rings. The monoisotopic (exact) mass is 292 g/mol. The molecule has 0 bridgehead atoms. The minimum Gasteiger partial charge on any atom is -0.506 e. The van der Waals surface area contributed by atoms with Gasteiger partial charge in [-0.2, -0.15) is 15.0 Å². The fourth-order valence-electron chi connectivity index (χ4n) is 1.53. The van der Waals surface area contributed by atoms with E-state index in [-0.39, 0.29) is 29.3 Å². The van der Waals surface area contributed by atoms with E-state index < -0.39 is 5.24 Å². The molecule has 1 aromatic carbocycles. The lowest BCUT2D eigenvalue weighted by Gasteiger charge is -2.20. The number of thioether (sulfide) groups is 1. The average molecular weight is 292 g/mol. The summed E-state index contributed by atoms with van der Waals surface area (Å²) in [5.74, 6) is -0.355. The van der Waals surface area contributed by atoms with E-state index in [9.17, 15) is 9.90 Å². The Hall–Kier alpha value is -2.55. The number of aromatic nitrogens is 3. The molecule has 20 heavy (non-hydrogen) atoms. The number of aromatic hydroxyl groups is 1. The highest BCUT2D eigenvalue weighted by molar-refractivity contribution is 8.13. The Balaban J connectivity index is 2.59. The van der Waals surface area contributed by atoms with Gasteiger partial charge in [0.05, 0.1) is 5.69 Å². The van der Waals surface area contributed by atoms with Crippen molar-refractivity contribution in [3.8, 4) is 5.75 Å². The molecule has 1 heterocycles. The number of carbonyl (C=O) groups is 1. The van der Waals surface area contributed by atoms with Gasteiger partial charge in [0, 0.05) is 0 Å². The van der Waals surface area contributed by atoms with Crippen molar-refractivity contribution >= 4 is 40.5 Å². The number of benzene rings is 1. The van der Waals surface area contributed by atoms with E-state index in [0.29, 0.717) is 0 Å². The lowest BCUT2D eigenvalue weighted by molar-refractivity contribution is 0.266. The van der Waals surface area contributed by atoms with Crippen molar-refractivity contribution in [1.82, 2.24) is 15.0 Å². The summed E-state index contributed by atoms with van der Waals surface area (Å²) in [6.07, 6.45) is 1.60. The highest BCUT2D eigenvalue weighted by Crippen LogP contribution is 2.33. The molecule has 2 rings (SSSR count). The molecule has 8 nitrogen and oxygen atoms in total. The Morgan fingerprint density at radius 1 is 1.20 bits per heavy atom. The number of hydrogen-bond acceptors (Lipinski definition) is 8. The SMILES string of the molecule is CSC(=O)N(c1nc(N)nc(N)n1)c1ccccc1O. The van der Waals surface area contributed by atoms with Gasteiger partial charge in [0.25, 0.3) is 5.24 Å². The molecule has 0 aliphatic rings. The third kappa shape index (κ3) is 2.72. The first kappa shape index (κ1) is 13.9. The van der Waals surface area contributed by atoms with Crippen molar-refractivity contribution in [2.75, 3.05) is 22.6 Å². The highest BCUT2D eigenvalue weighted by atomic mass is 32.2. The third-order valence-electron chi connectivity index (χ3n) is 2.34. The minimum absolute atomic E-state index is 0.0455. The molecule has 104 valence electrons. The largest absolute Gasteiger partial charge is 0.506 e. The van der Waals surface area contributed by atoms with E-state index in [4.69, 9.17) is 11.5 Å². The molecule has 0 saturated heterocycles. The van der Waals surface area contributed by atoms with Gasteiger partial charge >= 0.3 is 0 Å². The summed E-state index contributed by atoms with van der Waals surface area (Å²) in [7, 11) is 0. The van der Waals surface area contributed by atoms with Crippen molar-refractivity contribution in [3.05, 3.63) is 24.3 Å². The second kappa shape index (κ2) is 5.61. The molecule has 0 spiro atoms. The Labute approximate surface area is 118 Å². The van der Waals surface area contributed by atoms with E-state index in [0.717, 1.165) is 16.7 Å². The number of nitrogens with two attached hydrogens (primary N) is 2. The van der Waals surface area contributed by atoms with Crippen LogP contribution >= 0.6 is 11.8 Å². The second-order valence-corrected chi connectivity index (χ2v) is 4.40. The first-order valence-electron chi connectivity index (χ1n) is 5.46. The van der Waals surface area contributed by atoms with Crippen LogP contribution in [0.15, 0.2) is 24.3 Å². The van der Waals surface area contributed by atoms with Crippen LogP contribution in [0.3, 0.4) is 0 Å². The summed E-state index contributed by atoms with van der Waals surface area (Å²) < 4.78 is 0. The van der Waals surface area contributed by atoms with Gasteiger partial charge in [-0.3, -0.25) is 4.79 Å². The number of hydrogen-bond donors (Lipinski definition) is 3. The fraction of sp³-hybridized carbons (Fsp3) is 0.0909. The van der Waals surface area contributed by atoms with Crippen LogP contribution in [-0.2, 0) is 0 Å². The molecule has 2 aromatic rings. The van der Waals surface area contributed by atoms with Gasteiger partial charge in [-0.25, -0.2) is 4.90 Å². The maximum atomic E-state index is 12.1. The van der Waals surface area contributed by atoms with Gasteiger partial charge in [-0.15, -0.1) is 0 Å². The van der Waals surface area contributed by atoms with E-state index in [1.54, 1.807) is 24.5 Å². The molecule has 0 aliphatic carbocycles. The summed E-state index contributed by atoms with van der Waals surface area (Å²) in [4.78, 5) is 24.6. The Morgan fingerprint density at radius 3 is 2.35 bits per heavy atom. The first-order valence-corrected chi connectivity index (χ1v) is 6.68. The van der Waals surface area contributed by atoms with Crippen LogP contribution in [0.4, 0.5) is 28.3 Å². The van der Waals surface area contributed by atoms with E-state index >= 15 is 0 Å². The summed E-state index contributed by atoms with van der Waals surface area (Å²) in [5.41, 5.74) is 11.2. The lowest BCUT2D eigenvalue weighted by Crippen LogP contribution is -2.24. The molecule has 0 atom stereocenters. The molecule has 0 aliphatic heterocycles. The number of para-hydroxylation sites is 2. The van der Waals surface area contributed by atoms with Gasteiger partial charge in [-0.05, 0) is 18.4 Å². The quantitative estimate of drug-likeness (QED) is 0.756. The number of anilines is 4. The Morgan fingerprint density at radius 2 is 1.80 bits per heavy atom.